The van der Waals surface area contributed by atoms with Gasteiger partial charge < -0.3 is 10.1 Å². The number of fused-ring (bicyclic) bond motifs is 1. The molecule has 0 bridgehead atoms. The molecule has 0 fully saturated rings. The summed E-state index contributed by atoms with van der Waals surface area (Å²) in [6, 6.07) is 11.9. The molecular formula is C15H16BrNO2. The lowest BCUT2D eigenvalue weighted by Crippen LogP contribution is -2.29. The SMILES string of the molecule is CCCNC(=O)COc1ccc2cc(Br)ccc2c1. The van der Waals surface area contributed by atoms with Crippen molar-refractivity contribution in [3.05, 3.63) is 40.9 Å². The molecule has 3 nitrogen and oxygen atoms in total. The van der Waals surface area contributed by atoms with E-state index in [9.17, 15) is 4.79 Å². The van der Waals surface area contributed by atoms with Gasteiger partial charge in [-0.1, -0.05) is 35.0 Å². The van der Waals surface area contributed by atoms with Gasteiger partial charge in [0, 0.05) is 11.0 Å². The molecule has 0 aliphatic carbocycles. The third-order valence-corrected chi connectivity index (χ3v) is 3.21. The quantitative estimate of drug-likeness (QED) is 0.915. The van der Waals surface area contributed by atoms with Crippen molar-refractivity contribution in [1.29, 1.82) is 0 Å². The molecule has 0 radical (unpaired) electrons. The van der Waals surface area contributed by atoms with E-state index in [0.29, 0.717) is 12.3 Å². The van der Waals surface area contributed by atoms with Gasteiger partial charge in [0.25, 0.3) is 5.91 Å². The Morgan fingerprint density at radius 2 is 1.95 bits per heavy atom. The second-order valence-corrected chi connectivity index (χ2v) is 5.21. The van der Waals surface area contributed by atoms with Gasteiger partial charge in [0.05, 0.1) is 0 Å². The summed E-state index contributed by atoms with van der Waals surface area (Å²) < 4.78 is 6.53. The maximum absolute atomic E-state index is 11.4. The molecule has 0 aromatic heterocycles. The molecule has 0 aliphatic rings. The minimum Gasteiger partial charge on any atom is -0.484 e. The highest BCUT2D eigenvalue weighted by Gasteiger charge is 2.02. The monoisotopic (exact) mass is 321 g/mol. The van der Waals surface area contributed by atoms with Crippen molar-refractivity contribution >= 4 is 32.6 Å². The van der Waals surface area contributed by atoms with Crippen LogP contribution in [-0.2, 0) is 4.79 Å². The summed E-state index contributed by atoms with van der Waals surface area (Å²) in [6.45, 7) is 2.76. The highest BCUT2D eigenvalue weighted by molar-refractivity contribution is 9.10. The van der Waals surface area contributed by atoms with E-state index in [4.69, 9.17) is 4.74 Å². The van der Waals surface area contributed by atoms with E-state index in [-0.39, 0.29) is 12.5 Å². The first-order chi connectivity index (χ1) is 9.19. The van der Waals surface area contributed by atoms with E-state index in [1.165, 1.54) is 0 Å². The Bertz CT molecular complexity index is 583. The normalized spacial score (nSPS) is 10.4. The molecule has 0 saturated carbocycles. The van der Waals surface area contributed by atoms with Crippen molar-refractivity contribution in [3.63, 3.8) is 0 Å². The van der Waals surface area contributed by atoms with Crippen molar-refractivity contribution in [3.8, 4) is 5.75 Å². The van der Waals surface area contributed by atoms with Crippen LogP contribution in [0.1, 0.15) is 13.3 Å². The third-order valence-electron chi connectivity index (χ3n) is 2.72. The average molecular weight is 322 g/mol. The van der Waals surface area contributed by atoms with Crippen molar-refractivity contribution in [2.75, 3.05) is 13.2 Å². The molecule has 0 spiro atoms. The molecule has 0 aliphatic heterocycles. The zero-order chi connectivity index (χ0) is 13.7. The number of nitrogens with one attached hydrogen (secondary N) is 1. The molecule has 1 N–H and O–H groups in total. The van der Waals surface area contributed by atoms with Crippen LogP contribution in [0.2, 0.25) is 0 Å². The van der Waals surface area contributed by atoms with E-state index >= 15 is 0 Å². The summed E-state index contributed by atoms with van der Waals surface area (Å²) >= 11 is 3.44. The molecule has 0 heterocycles. The number of rotatable bonds is 5. The largest absolute Gasteiger partial charge is 0.484 e. The second kappa shape index (κ2) is 6.57. The van der Waals surface area contributed by atoms with Crippen molar-refractivity contribution in [2.45, 2.75) is 13.3 Å². The van der Waals surface area contributed by atoms with Gasteiger partial charge in [0.2, 0.25) is 0 Å². The number of amides is 1. The first-order valence-corrected chi connectivity index (χ1v) is 7.07. The maximum Gasteiger partial charge on any atom is 0.257 e. The molecule has 4 heteroatoms. The van der Waals surface area contributed by atoms with Gasteiger partial charge in [-0.25, -0.2) is 0 Å². The van der Waals surface area contributed by atoms with Crippen LogP contribution in [0, 0.1) is 0 Å². The van der Waals surface area contributed by atoms with Gasteiger partial charge >= 0.3 is 0 Å². The van der Waals surface area contributed by atoms with E-state index in [0.717, 1.165) is 21.7 Å². The lowest BCUT2D eigenvalue weighted by Gasteiger charge is -2.08. The molecule has 2 rings (SSSR count). The fraction of sp³-hybridized carbons (Fsp3) is 0.267. The fourth-order valence-corrected chi connectivity index (χ4v) is 2.13. The van der Waals surface area contributed by atoms with Crippen LogP contribution in [0.4, 0.5) is 0 Å². The molecule has 0 atom stereocenters. The molecule has 100 valence electrons. The predicted molar refractivity (Wildman–Crippen MR) is 80.4 cm³/mol. The third kappa shape index (κ3) is 3.96. The number of hydrogen-bond donors (Lipinski definition) is 1. The Kier molecular flexibility index (Phi) is 4.80. The van der Waals surface area contributed by atoms with Gasteiger partial charge in [0.1, 0.15) is 5.75 Å². The Labute approximate surface area is 121 Å². The predicted octanol–water partition coefficient (Wildman–Crippen LogP) is 3.51. The van der Waals surface area contributed by atoms with Crippen LogP contribution in [-0.4, -0.2) is 19.1 Å². The van der Waals surface area contributed by atoms with Crippen LogP contribution >= 0.6 is 15.9 Å². The first-order valence-electron chi connectivity index (χ1n) is 6.28. The summed E-state index contributed by atoms with van der Waals surface area (Å²) in [7, 11) is 0. The summed E-state index contributed by atoms with van der Waals surface area (Å²) in [5.41, 5.74) is 0. The molecule has 2 aromatic rings. The van der Waals surface area contributed by atoms with E-state index in [1.54, 1.807) is 0 Å². The number of benzene rings is 2. The van der Waals surface area contributed by atoms with Crippen LogP contribution in [0.15, 0.2) is 40.9 Å². The van der Waals surface area contributed by atoms with Gasteiger partial charge in [-0.2, -0.15) is 0 Å². The minimum absolute atomic E-state index is 0.0576. The summed E-state index contributed by atoms with van der Waals surface area (Å²) in [6.07, 6.45) is 0.927. The zero-order valence-electron chi connectivity index (χ0n) is 10.8. The average Bonchev–Trinajstić information content (AvgIpc) is 2.42. The molecule has 19 heavy (non-hydrogen) atoms. The number of carbonyl (C=O) groups is 1. The lowest BCUT2D eigenvalue weighted by atomic mass is 10.1. The number of ether oxygens (including phenoxy) is 1. The van der Waals surface area contributed by atoms with E-state index in [1.807, 2.05) is 43.3 Å². The second-order valence-electron chi connectivity index (χ2n) is 4.29. The fourth-order valence-electron chi connectivity index (χ4n) is 1.75. The van der Waals surface area contributed by atoms with Crippen molar-refractivity contribution in [1.82, 2.24) is 5.32 Å². The topological polar surface area (TPSA) is 38.3 Å². The maximum atomic E-state index is 11.4. The Hall–Kier alpha value is -1.55. The van der Waals surface area contributed by atoms with Gasteiger partial charge in [-0.05, 0) is 41.5 Å². The standard InChI is InChI=1S/C15H16BrNO2/c1-2-7-17-15(18)10-19-14-6-4-11-8-13(16)5-3-12(11)9-14/h3-6,8-9H,2,7,10H2,1H3,(H,17,18). The van der Waals surface area contributed by atoms with Crippen LogP contribution < -0.4 is 10.1 Å². The Morgan fingerprint density at radius 1 is 1.21 bits per heavy atom. The number of halogens is 1. The molecule has 1 amide bonds. The van der Waals surface area contributed by atoms with Gasteiger partial charge in [-0.3, -0.25) is 4.79 Å². The number of carbonyl (C=O) groups excluding carboxylic acids is 1. The van der Waals surface area contributed by atoms with Crippen molar-refractivity contribution in [2.24, 2.45) is 0 Å². The van der Waals surface area contributed by atoms with Crippen LogP contribution in [0.5, 0.6) is 5.75 Å². The molecule has 2 aromatic carbocycles. The number of hydrogen-bond acceptors (Lipinski definition) is 2. The summed E-state index contributed by atoms with van der Waals surface area (Å²) in [4.78, 5) is 11.4. The molecule has 0 unspecified atom stereocenters. The summed E-state index contributed by atoms with van der Waals surface area (Å²) in [5.74, 6) is 0.624. The van der Waals surface area contributed by atoms with E-state index in [2.05, 4.69) is 21.2 Å². The highest BCUT2D eigenvalue weighted by Crippen LogP contribution is 2.23. The van der Waals surface area contributed by atoms with Crippen LogP contribution in [0.25, 0.3) is 10.8 Å². The Morgan fingerprint density at radius 3 is 2.74 bits per heavy atom. The first kappa shape index (κ1) is 13.9. The van der Waals surface area contributed by atoms with Gasteiger partial charge in [0.15, 0.2) is 6.61 Å². The van der Waals surface area contributed by atoms with E-state index < -0.39 is 0 Å². The Balaban J connectivity index is 2.01. The summed E-state index contributed by atoms with van der Waals surface area (Å²) in [5, 5.41) is 5.01. The minimum atomic E-state index is -0.0854. The zero-order valence-corrected chi connectivity index (χ0v) is 12.4. The lowest BCUT2D eigenvalue weighted by molar-refractivity contribution is -0.123. The smallest absolute Gasteiger partial charge is 0.257 e. The van der Waals surface area contributed by atoms with Gasteiger partial charge in [-0.15, -0.1) is 0 Å². The highest BCUT2D eigenvalue weighted by atomic mass is 79.9. The van der Waals surface area contributed by atoms with Crippen molar-refractivity contribution < 1.29 is 9.53 Å². The molecule has 0 saturated heterocycles. The molecular weight excluding hydrogens is 306 g/mol. The van der Waals surface area contributed by atoms with Crippen LogP contribution in [0.3, 0.4) is 0 Å².